The molecule has 0 bridgehead atoms. The molecule has 0 spiro atoms. The average Bonchev–Trinajstić information content (AvgIpc) is 2.46. The molecule has 1 aromatic heterocycles. The highest BCUT2D eigenvalue weighted by Crippen LogP contribution is 2.10. The third kappa shape index (κ3) is 1.50. The maximum atomic E-state index is 5.34. The molecule has 2 aromatic rings. The Bertz CT molecular complexity index is 361. The van der Waals surface area contributed by atoms with Crippen LogP contribution in [0.15, 0.2) is 35.3 Å². The van der Waals surface area contributed by atoms with Crippen LogP contribution in [0.3, 0.4) is 0 Å². The third-order valence-corrected chi connectivity index (χ3v) is 1.55. The first kappa shape index (κ1) is 9.25. The smallest absolute Gasteiger partial charge is 0.371 e. The Kier molecular flexibility index (Phi) is 2.86. The normalized spacial score (nSPS) is 9.33. The number of hydrogen-bond donors (Lipinski definition) is 0. The van der Waals surface area contributed by atoms with E-state index < -0.39 is 0 Å². The molecule has 0 aliphatic carbocycles. The second-order valence-corrected chi connectivity index (χ2v) is 2.29. The molecule has 0 radical (unpaired) electrons. The van der Waals surface area contributed by atoms with Crippen LogP contribution in [-0.2, 0) is 0 Å². The number of oxazole rings is 1. The summed E-state index contributed by atoms with van der Waals surface area (Å²) in [5.74, 6) is 0.700. The highest BCUT2D eigenvalue weighted by atomic mass is 127. The number of H-pyrrole nitrogens is 1. The molecule has 0 aliphatic heterocycles. The number of hydrogen-bond acceptors (Lipinski definition) is 1. The molecular formula is C9H8INO. The number of aromatic nitrogens is 1. The van der Waals surface area contributed by atoms with Gasteiger partial charge in [-0.2, -0.15) is 4.98 Å². The molecule has 0 unspecified atom stereocenters. The Hall–Kier alpha value is -0.840. The van der Waals surface area contributed by atoms with Crippen LogP contribution < -0.4 is 29.0 Å². The summed E-state index contributed by atoms with van der Waals surface area (Å²) >= 11 is 0. The minimum absolute atomic E-state index is 0. The number of halogens is 1. The zero-order chi connectivity index (χ0) is 7.68. The van der Waals surface area contributed by atoms with Crippen LogP contribution in [0, 0.1) is 0 Å². The van der Waals surface area contributed by atoms with Gasteiger partial charge < -0.3 is 28.4 Å². The highest BCUT2D eigenvalue weighted by Gasteiger charge is 2.06. The quantitative estimate of drug-likeness (QED) is 0.606. The summed E-state index contributed by atoms with van der Waals surface area (Å²) in [6.45, 7) is 3.60. The first-order valence-corrected chi connectivity index (χ1v) is 3.43. The SMILES string of the molecule is C=Cc1[nH+]c2ccccc2o1.[I-]. The minimum atomic E-state index is 0. The number of rotatable bonds is 1. The van der Waals surface area contributed by atoms with E-state index in [1.54, 1.807) is 6.08 Å². The number of aromatic amines is 1. The lowest BCUT2D eigenvalue weighted by Gasteiger charge is -1.74. The largest absolute Gasteiger partial charge is 1.00 e. The molecule has 0 aliphatic rings. The number of fused-ring (bicyclic) bond motifs is 1. The second kappa shape index (κ2) is 3.71. The standard InChI is InChI=1S/C9H7NO.HI/c1-2-9-10-7-5-3-4-6-8(7)11-9;/h2-6H,1H2;1H. The van der Waals surface area contributed by atoms with Gasteiger partial charge in [-0.25, -0.2) is 0 Å². The molecule has 1 N–H and O–H groups in total. The van der Waals surface area contributed by atoms with Crippen molar-refractivity contribution in [1.82, 2.24) is 0 Å². The molecule has 2 nitrogen and oxygen atoms in total. The molecule has 3 heteroatoms. The highest BCUT2D eigenvalue weighted by molar-refractivity contribution is 5.68. The molecule has 0 saturated heterocycles. The summed E-state index contributed by atoms with van der Waals surface area (Å²) in [6, 6.07) is 7.78. The van der Waals surface area contributed by atoms with E-state index in [2.05, 4.69) is 11.6 Å². The van der Waals surface area contributed by atoms with Gasteiger partial charge in [0.2, 0.25) is 11.1 Å². The fourth-order valence-corrected chi connectivity index (χ4v) is 1.03. The maximum Gasteiger partial charge on any atom is 0.371 e. The zero-order valence-corrected chi connectivity index (χ0v) is 8.54. The summed E-state index contributed by atoms with van der Waals surface area (Å²) in [7, 11) is 0. The molecule has 62 valence electrons. The van der Waals surface area contributed by atoms with Gasteiger partial charge in [0.15, 0.2) is 0 Å². The molecule has 0 saturated carbocycles. The lowest BCUT2D eigenvalue weighted by atomic mass is 10.3. The molecule has 1 aromatic carbocycles. The summed E-state index contributed by atoms with van der Waals surface area (Å²) in [6.07, 6.45) is 1.65. The third-order valence-electron chi connectivity index (χ3n) is 1.55. The van der Waals surface area contributed by atoms with Gasteiger partial charge in [-0.05, 0) is 6.07 Å². The number of nitrogens with one attached hydrogen (secondary N) is 1. The van der Waals surface area contributed by atoms with E-state index in [1.165, 1.54) is 0 Å². The predicted octanol–water partition coefficient (Wildman–Crippen LogP) is -1.11. The van der Waals surface area contributed by atoms with Gasteiger partial charge >= 0.3 is 5.89 Å². The van der Waals surface area contributed by atoms with Gasteiger partial charge in [0.1, 0.15) is 0 Å². The van der Waals surface area contributed by atoms with Crippen LogP contribution >= 0.6 is 0 Å². The lowest BCUT2D eigenvalue weighted by molar-refractivity contribution is -0.357. The Morgan fingerprint density at radius 2 is 2.08 bits per heavy atom. The molecule has 0 amide bonds. The molecule has 1 heterocycles. The van der Waals surface area contributed by atoms with Gasteiger partial charge in [-0.15, -0.1) is 0 Å². The topological polar surface area (TPSA) is 27.3 Å². The predicted molar refractivity (Wildman–Crippen MR) is 42.9 cm³/mol. The van der Waals surface area contributed by atoms with E-state index >= 15 is 0 Å². The Labute approximate surface area is 87.3 Å². The fourth-order valence-electron chi connectivity index (χ4n) is 1.03. The average molecular weight is 273 g/mol. The van der Waals surface area contributed by atoms with E-state index in [-0.39, 0.29) is 24.0 Å². The monoisotopic (exact) mass is 273 g/mol. The first-order valence-electron chi connectivity index (χ1n) is 3.43. The van der Waals surface area contributed by atoms with Gasteiger partial charge in [-0.3, -0.25) is 0 Å². The maximum absolute atomic E-state index is 5.34. The van der Waals surface area contributed by atoms with E-state index in [1.807, 2.05) is 24.3 Å². The van der Waals surface area contributed by atoms with Crippen molar-refractivity contribution in [2.24, 2.45) is 0 Å². The van der Waals surface area contributed by atoms with E-state index in [4.69, 9.17) is 4.42 Å². The summed E-state index contributed by atoms with van der Waals surface area (Å²) < 4.78 is 5.34. The molecular weight excluding hydrogens is 265 g/mol. The van der Waals surface area contributed by atoms with Crippen molar-refractivity contribution < 1.29 is 33.4 Å². The van der Waals surface area contributed by atoms with Crippen molar-refractivity contribution in [1.29, 1.82) is 0 Å². The van der Waals surface area contributed by atoms with Crippen molar-refractivity contribution in [2.75, 3.05) is 0 Å². The summed E-state index contributed by atoms with van der Waals surface area (Å²) in [5, 5.41) is 0. The van der Waals surface area contributed by atoms with Crippen molar-refractivity contribution in [3.05, 3.63) is 36.7 Å². The second-order valence-electron chi connectivity index (χ2n) is 2.29. The van der Waals surface area contributed by atoms with Crippen LogP contribution in [0.4, 0.5) is 0 Å². The number of para-hydroxylation sites is 2. The van der Waals surface area contributed by atoms with Crippen molar-refractivity contribution >= 4 is 17.2 Å². The molecule has 12 heavy (non-hydrogen) atoms. The van der Waals surface area contributed by atoms with Crippen LogP contribution in [0.5, 0.6) is 0 Å². The lowest BCUT2D eigenvalue weighted by Crippen LogP contribution is -3.00. The fraction of sp³-hybridized carbons (Fsp3) is 0. The molecule has 2 rings (SSSR count). The summed E-state index contributed by atoms with van der Waals surface area (Å²) in [4.78, 5) is 3.06. The first-order chi connectivity index (χ1) is 5.40. The number of benzene rings is 1. The van der Waals surface area contributed by atoms with Crippen LogP contribution in [-0.4, -0.2) is 0 Å². The van der Waals surface area contributed by atoms with Gasteiger partial charge in [0.25, 0.3) is 0 Å². The van der Waals surface area contributed by atoms with E-state index in [9.17, 15) is 0 Å². The van der Waals surface area contributed by atoms with E-state index in [0.29, 0.717) is 5.89 Å². The van der Waals surface area contributed by atoms with Crippen LogP contribution in [0.2, 0.25) is 0 Å². The van der Waals surface area contributed by atoms with Gasteiger partial charge in [0.05, 0.1) is 0 Å². The van der Waals surface area contributed by atoms with Gasteiger partial charge in [-0.1, -0.05) is 18.7 Å². The van der Waals surface area contributed by atoms with Gasteiger partial charge in [0, 0.05) is 12.1 Å². The Morgan fingerprint density at radius 1 is 1.33 bits per heavy atom. The molecule has 0 fully saturated rings. The zero-order valence-electron chi connectivity index (χ0n) is 6.38. The van der Waals surface area contributed by atoms with Crippen LogP contribution in [0.1, 0.15) is 5.89 Å². The Balaban J connectivity index is 0.000000720. The van der Waals surface area contributed by atoms with Crippen molar-refractivity contribution in [3.8, 4) is 0 Å². The van der Waals surface area contributed by atoms with E-state index in [0.717, 1.165) is 11.1 Å². The minimum Gasteiger partial charge on any atom is -1.00 e. The van der Waals surface area contributed by atoms with Crippen molar-refractivity contribution in [2.45, 2.75) is 0 Å². The molecule has 0 atom stereocenters. The van der Waals surface area contributed by atoms with Crippen LogP contribution in [0.25, 0.3) is 17.2 Å². The van der Waals surface area contributed by atoms with Crippen molar-refractivity contribution in [3.63, 3.8) is 0 Å². The Morgan fingerprint density at radius 3 is 2.75 bits per heavy atom. The summed E-state index contributed by atoms with van der Waals surface area (Å²) in [5.41, 5.74) is 1.87.